The largest absolute Gasteiger partial charge is 0.464 e. The molecule has 1 fully saturated rings. The Morgan fingerprint density at radius 1 is 1.39 bits per heavy atom. The summed E-state index contributed by atoms with van der Waals surface area (Å²) in [5, 5.41) is 10.8. The van der Waals surface area contributed by atoms with Crippen molar-refractivity contribution >= 4 is 29.1 Å². The highest BCUT2D eigenvalue weighted by Gasteiger charge is 2.26. The number of aromatic nitrogens is 1. The molecular weight excluding hydrogens is 314 g/mol. The average Bonchev–Trinajstić information content (AvgIpc) is 2.54. The molecule has 2 rings (SSSR count). The second-order valence-corrected chi connectivity index (χ2v) is 6.78. The van der Waals surface area contributed by atoms with Gasteiger partial charge in [-0.2, -0.15) is 4.98 Å². The average molecular weight is 339 g/mol. The number of esters is 1. The number of nitrogens with zero attached hydrogens (tertiary/aromatic N) is 1. The molecule has 5 nitrogen and oxygen atoms in total. The Morgan fingerprint density at radius 2 is 2.04 bits per heavy atom. The Morgan fingerprint density at radius 3 is 2.61 bits per heavy atom. The van der Waals surface area contributed by atoms with Gasteiger partial charge in [0.1, 0.15) is 0 Å². The highest BCUT2D eigenvalue weighted by molar-refractivity contribution is 6.35. The van der Waals surface area contributed by atoms with E-state index in [1.54, 1.807) is 0 Å². The standard InChI is InChI=1S/C17H24ClN3O2/c1-10(2)15(19)14-12(18)9-13(17(22)23-3)21-16(14)20-11-7-5-4-6-8-11/h9-11,19H,4-8H2,1-3H3,(H,20,21)/p+1. The van der Waals surface area contributed by atoms with Crippen LogP contribution in [0.15, 0.2) is 6.07 Å². The van der Waals surface area contributed by atoms with Crippen LogP contribution in [0.5, 0.6) is 0 Å². The summed E-state index contributed by atoms with van der Waals surface area (Å²) >= 11 is 6.38. The fraction of sp³-hybridized carbons (Fsp3) is 0.588. The van der Waals surface area contributed by atoms with E-state index in [1.807, 2.05) is 13.8 Å². The number of hydrogen-bond acceptors (Lipinski definition) is 4. The molecule has 1 aromatic rings. The zero-order valence-corrected chi connectivity index (χ0v) is 14.7. The molecule has 23 heavy (non-hydrogen) atoms. The number of ether oxygens (including phenoxy) is 1. The molecule has 1 aromatic heterocycles. The topological polar surface area (TPSA) is 79.7 Å². The maximum Gasteiger partial charge on any atom is 0.356 e. The Labute approximate surface area is 142 Å². The summed E-state index contributed by atoms with van der Waals surface area (Å²) in [5.74, 6) is 0.174. The lowest BCUT2D eigenvalue weighted by Gasteiger charge is -2.21. The lowest BCUT2D eigenvalue weighted by molar-refractivity contribution is -0.617. The van der Waals surface area contributed by atoms with Gasteiger partial charge in [0.2, 0.25) is 5.82 Å². The van der Waals surface area contributed by atoms with Crippen LogP contribution in [0.1, 0.15) is 62.0 Å². The van der Waals surface area contributed by atoms with Gasteiger partial charge in [0.05, 0.1) is 29.4 Å². The first-order valence-corrected chi connectivity index (χ1v) is 8.54. The van der Waals surface area contributed by atoms with E-state index in [0.717, 1.165) is 12.8 Å². The van der Waals surface area contributed by atoms with Crippen molar-refractivity contribution in [3.8, 4) is 0 Å². The molecule has 6 heteroatoms. The highest BCUT2D eigenvalue weighted by atomic mass is 35.5. The van der Waals surface area contributed by atoms with Crippen LogP contribution in [0.25, 0.3) is 0 Å². The van der Waals surface area contributed by atoms with E-state index in [4.69, 9.17) is 21.7 Å². The number of nitrogens with two attached hydrogens (primary N) is 1. The first-order valence-electron chi connectivity index (χ1n) is 8.16. The third-order valence-corrected chi connectivity index (χ3v) is 4.58. The normalized spacial score (nSPS) is 15.7. The van der Waals surface area contributed by atoms with E-state index in [1.165, 1.54) is 32.4 Å². The SMILES string of the molecule is COC(=O)c1cc(Cl)c(C(=N)C(C)C)c([NH2+]C2CCCCC2)n1. The van der Waals surface area contributed by atoms with Crippen LogP contribution in [0.2, 0.25) is 5.02 Å². The van der Waals surface area contributed by atoms with Crippen molar-refractivity contribution in [1.82, 2.24) is 4.98 Å². The van der Waals surface area contributed by atoms with E-state index in [9.17, 15) is 4.79 Å². The Bertz CT molecular complexity index is 596. The van der Waals surface area contributed by atoms with Crippen LogP contribution >= 0.6 is 11.6 Å². The van der Waals surface area contributed by atoms with E-state index in [2.05, 4.69) is 10.3 Å². The van der Waals surface area contributed by atoms with Crippen molar-refractivity contribution in [3.05, 3.63) is 22.3 Å². The third kappa shape index (κ3) is 4.30. The second-order valence-electron chi connectivity index (χ2n) is 6.37. The number of methoxy groups -OCH3 is 1. The summed E-state index contributed by atoms with van der Waals surface area (Å²) in [6.45, 7) is 3.91. The predicted octanol–water partition coefficient (Wildman–Crippen LogP) is 3.07. The molecule has 0 saturated heterocycles. The molecule has 1 saturated carbocycles. The number of quaternary nitrogens is 1. The lowest BCUT2D eigenvalue weighted by Crippen LogP contribution is -2.85. The number of halogens is 1. The Balaban J connectivity index is 2.42. The van der Waals surface area contributed by atoms with E-state index < -0.39 is 5.97 Å². The van der Waals surface area contributed by atoms with Crippen LogP contribution in [0.4, 0.5) is 5.82 Å². The van der Waals surface area contributed by atoms with Gasteiger partial charge in [-0.05, 0) is 37.7 Å². The third-order valence-electron chi connectivity index (χ3n) is 4.28. The van der Waals surface area contributed by atoms with Crippen LogP contribution in [0.3, 0.4) is 0 Å². The van der Waals surface area contributed by atoms with Crippen LogP contribution in [0, 0.1) is 11.3 Å². The minimum absolute atomic E-state index is 0.0387. The number of pyridine rings is 1. The molecule has 1 aliphatic rings. The molecule has 126 valence electrons. The zero-order chi connectivity index (χ0) is 17.0. The summed E-state index contributed by atoms with van der Waals surface area (Å²) in [7, 11) is 1.33. The van der Waals surface area contributed by atoms with Crippen LogP contribution in [-0.2, 0) is 4.74 Å². The Kier molecular flexibility index (Phi) is 6.13. The van der Waals surface area contributed by atoms with Gasteiger partial charge < -0.3 is 10.1 Å². The second kappa shape index (κ2) is 7.88. The minimum Gasteiger partial charge on any atom is -0.464 e. The molecule has 0 bridgehead atoms. The highest BCUT2D eigenvalue weighted by Crippen LogP contribution is 2.25. The maximum absolute atomic E-state index is 11.8. The fourth-order valence-corrected chi connectivity index (χ4v) is 3.24. The molecule has 0 spiro atoms. The summed E-state index contributed by atoms with van der Waals surface area (Å²) in [4.78, 5) is 16.3. The summed E-state index contributed by atoms with van der Waals surface area (Å²) in [6.07, 6.45) is 5.94. The summed E-state index contributed by atoms with van der Waals surface area (Å²) in [6, 6.07) is 1.93. The van der Waals surface area contributed by atoms with Crippen LogP contribution < -0.4 is 5.32 Å². The van der Waals surface area contributed by atoms with Crippen molar-refractivity contribution in [3.63, 3.8) is 0 Å². The summed E-state index contributed by atoms with van der Waals surface area (Å²) in [5.41, 5.74) is 1.28. The van der Waals surface area contributed by atoms with E-state index >= 15 is 0 Å². The predicted molar refractivity (Wildman–Crippen MR) is 90.7 cm³/mol. The minimum atomic E-state index is -0.507. The monoisotopic (exact) mass is 338 g/mol. The smallest absolute Gasteiger partial charge is 0.356 e. The van der Waals surface area contributed by atoms with Crippen molar-refractivity contribution in [2.24, 2.45) is 5.92 Å². The number of hydrogen-bond donors (Lipinski definition) is 2. The van der Waals surface area contributed by atoms with Gasteiger partial charge in [0.15, 0.2) is 5.69 Å². The maximum atomic E-state index is 11.8. The number of carbonyl (C=O) groups excluding carboxylic acids is 1. The molecule has 3 N–H and O–H groups in total. The molecule has 0 aliphatic heterocycles. The quantitative estimate of drug-likeness (QED) is 0.639. The first kappa shape index (κ1) is 17.9. The molecule has 0 radical (unpaired) electrons. The van der Waals surface area contributed by atoms with Gasteiger partial charge in [-0.1, -0.05) is 31.9 Å². The van der Waals surface area contributed by atoms with E-state index in [0.29, 0.717) is 28.2 Å². The lowest BCUT2D eigenvalue weighted by atomic mass is 9.94. The first-order chi connectivity index (χ1) is 10.9. The molecule has 0 amide bonds. The molecule has 1 aliphatic carbocycles. The van der Waals surface area contributed by atoms with Crippen LogP contribution in [-0.4, -0.2) is 29.8 Å². The molecule has 0 atom stereocenters. The van der Waals surface area contributed by atoms with E-state index in [-0.39, 0.29) is 11.6 Å². The molecule has 1 heterocycles. The molecule has 0 unspecified atom stereocenters. The zero-order valence-electron chi connectivity index (χ0n) is 14.0. The van der Waals surface area contributed by atoms with Gasteiger partial charge in [-0.3, -0.25) is 5.32 Å². The number of carbonyl (C=O) groups is 1. The Hall–Kier alpha value is -1.46. The van der Waals surface area contributed by atoms with Crippen molar-refractivity contribution in [2.45, 2.75) is 52.0 Å². The number of nitrogens with one attached hydrogen (secondary N) is 1. The van der Waals surface area contributed by atoms with Gasteiger partial charge in [0.25, 0.3) is 0 Å². The molecule has 0 aromatic carbocycles. The van der Waals surface area contributed by atoms with Gasteiger partial charge in [-0.25, -0.2) is 4.79 Å². The van der Waals surface area contributed by atoms with Gasteiger partial charge >= 0.3 is 5.97 Å². The fourth-order valence-electron chi connectivity index (χ4n) is 2.94. The van der Waals surface area contributed by atoms with Crippen molar-refractivity contribution in [2.75, 3.05) is 7.11 Å². The van der Waals surface area contributed by atoms with Crippen molar-refractivity contribution in [1.29, 1.82) is 5.41 Å². The van der Waals surface area contributed by atoms with Gasteiger partial charge in [-0.15, -0.1) is 0 Å². The summed E-state index contributed by atoms with van der Waals surface area (Å²) < 4.78 is 4.76. The van der Waals surface area contributed by atoms with Crippen molar-refractivity contribution < 1.29 is 14.8 Å². The molecular formula is C17H25ClN3O2+. The van der Waals surface area contributed by atoms with Gasteiger partial charge in [0, 0.05) is 0 Å². The number of rotatable bonds is 5.